The molecule has 1 heterocycles. The van der Waals surface area contributed by atoms with Gasteiger partial charge in [-0.05, 0) is 60.7 Å². The lowest BCUT2D eigenvalue weighted by molar-refractivity contribution is 0.478. The largest absolute Gasteiger partial charge is 0.457 e. The summed E-state index contributed by atoms with van der Waals surface area (Å²) >= 11 is 0. The smallest absolute Gasteiger partial charge is 0.294 e. The molecule has 0 fully saturated rings. The van der Waals surface area contributed by atoms with Crippen LogP contribution in [0.2, 0.25) is 0 Å². The van der Waals surface area contributed by atoms with Crippen LogP contribution >= 0.6 is 0 Å². The fraction of sp³-hybridized carbons (Fsp3) is 0. The summed E-state index contributed by atoms with van der Waals surface area (Å²) in [7, 11) is -4.21. The van der Waals surface area contributed by atoms with Crippen LogP contribution in [0.15, 0.2) is 88.2 Å². The van der Waals surface area contributed by atoms with Gasteiger partial charge in [0.1, 0.15) is 11.5 Å². The molecule has 0 aliphatic carbocycles. The summed E-state index contributed by atoms with van der Waals surface area (Å²) in [5.41, 5.74) is 1.36. The highest BCUT2D eigenvalue weighted by Crippen LogP contribution is 2.26. The van der Waals surface area contributed by atoms with Gasteiger partial charge in [-0.25, -0.2) is 0 Å². The average molecular weight is 355 g/mol. The van der Waals surface area contributed by atoms with E-state index in [-0.39, 0.29) is 4.90 Å². The van der Waals surface area contributed by atoms with Gasteiger partial charge in [0.25, 0.3) is 10.1 Å². The molecule has 0 aliphatic heterocycles. The van der Waals surface area contributed by atoms with Gasteiger partial charge in [-0.15, -0.1) is 0 Å². The minimum Gasteiger partial charge on any atom is -0.457 e. The Morgan fingerprint density at radius 3 is 1.76 bits per heavy atom. The lowest BCUT2D eigenvalue weighted by Gasteiger charge is -2.06. The van der Waals surface area contributed by atoms with E-state index >= 15 is 0 Å². The third kappa shape index (κ3) is 4.69. The second kappa shape index (κ2) is 7.20. The second-order valence-electron chi connectivity index (χ2n) is 4.95. The molecular formula is C17H13N3O4S. The molecule has 0 aliphatic rings. The topological polar surface area (TPSA) is 101 Å². The first-order valence-corrected chi connectivity index (χ1v) is 8.62. The van der Waals surface area contributed by atoms with E-state index in [0.717, 1.165) is 0 Å². The molecule has 7 nitrogen and oxygen atoms in total. The fourth-order valence-corrected chi connectivity index (χ4v) is 2.40. The third-order valence-corrected chi connectivity index (χ3v) is 4.01. The van der Waals surface area contributed by atoms with E-state index in [9.17, 15) is 8.42 Å². The number of azo groups is 1. The molecule has 0 amide bonds. The molecule has 0 saturated heterocycles. The predicted octanol–water partition coefficient (Wildman–Crippen LogP) is 4.54. The number of hydrogen-bond acceptors (Lipinski definition) is 6. The highest BCUT2D eigenvalue weighted by atomic mass is 32.2. The van der Waals surface area contributed by atoms with Crippen molar-refractivity contribution in [3.63, 3.8) is 0 Å². The highest BCUT2D eigenvalue weighted by molar-refractivity contribution is 7.85. The summed E-state index contributed by atoms with van der Waals surface area (Å²) in [6, 6.07) is 15.9. The van der Waals surface area contributed by atoms with Gasteiger partial charge in [-0.3, -0.25) is 9.54 Å². The van der Waals surface area contributed by atoms with Crippen molar-refractivity contribution < 1.29 is 17.7 Å². The van der Waals surface area contributed by atoms with Crippen LogP contribution in [0.1, 0.15) is 0 Å². The Labute approximate surface area is 144 Å². The molecule has 0 saturated carbocycles. The molecule has 25 heavy (non-hydrogen) atoms. The van der Waals surface area contributed by atoms with Crippen molar-refractivity contribution in [3.8, 4) is 11.5 Å². The molecule has 3 rings (SSSR count). The molecule has 8 heteroatoms. The van der Waals surface area contributed by atoms with Gasteiger partial charge in [-0.1, -0.05) is 0 Å². The lowest BCUT2D eigenvalue weighted by atomic mass is 10.3. The van der Waals surface area contributed by atoms with E-state index < -0.39 is 10.1 Å². The Hall–Kier alpha value is -3.10. The van der Waals surface area contributed by atoms with Crippen molar-refractivity contribution in [1.82, 2.24) is 4.98 Å². The first kappa shape index (κ1) is 16.7. The van der Waals surface area contributed by atoms with Crippen LogP contribution in [0, 0.1) is 0 Å². The Balaban J connectivity index is 1.67. The molecule has 1 N–H and O–H groups in total. The Morgan fingerprint density at radius 1 is 0.760 bits per heavy atom. The number of rotatable bonds is 5. The first-order chi connectivity index (χ1) is 12.0. The Kier molecular flexibility index (Phi) is 4.82. The zero-order valence-corrected chi connectivity index (χ0v) is 13.7. The van der Waals surface area contributed by atoms with E-state index in [1.54, 1.807) is 48.8 Å². The molecule has 3 aromatic rings. The highest BCUT2D eigenvalue weighted by Gasteiger charge is 2.08. The molecule has 0 radical (unpaired) electrons. The molecule has 1 aromatic heterocycles. The third-order valence-electron chi connectivity index (χ3n) is 3.14. The van der Waals surface area contributed by atoms with E-state index in [1.165, 1.54) is 24.3 Å². The fourth-order valence-electron chi connectivity index (χ4n) is 1.92. The van der Waals surface area contributed by atoms with E-state index in [2.05, 4.69) is 15.2 Å². The number of hydrogen-bond donors (Lipinski definition) is 1. The molecule has 2 aromatic carbocycles. The van der Waals surface area contributed by atoms with Crippen molar-refractivity contribution >= 4 is 21.5 Å². The predicted molar refractivity (Wildman–Crippen MR) is 91.2 cm³/mol. The van der Waals surface area contributed by atoms with Crippen LogP contribution in [0.25, 0.3) is 0 Å². The number of ether oxygens (including phenoxy) is 1. The van der Waals surface area contributed by atoms with E-state index in [4.69, 9.17) is 9.29 Å². The zero-order valence-electron chi connectivity index (χ0n) is 12.9. The maximum atomic E-state index is 11.0. The maximum Gasteiger partial charge on any atom is 0.294 e. The molecule has 0 bridgehead atoms. The Bertz CT molecular complexity index is 971. The van der Waals surface area contributed by atoms with Gasteiger partial charge in [0, 0.05) is 12.4 Å². The van der Waals surface area contributed by atoms with E-state index in [1.807, 2.05) is 0 Å². The number of benzene rings is 2. The summed E-state index contributed by atoms with van der Waals surface area (Å²) in [5, 5.41) is 8.20. The second-order valence-corrected chi connectivity index (χ2v) is 6.37. The summed E-state index contributed by atoms with van der Waals surface area (Å²) in [6.45, 7) is 0. The van der Waals surface area contributed by atoms with Crippen LogP contribution in [-0.2, 0) is 10.1 Å². The standard InChI is InChI=1S/C17H13N3O4S/c21-25(22,23)17-7-5-16(6-8-17)24-15-3-1-13(2-4-15)19-20-14-9-11-18-12-10-14/h1-12H,(H,21,22,23). The van der Waals surface area contributed by atoms with Crippen molar-refractivity contribution in [3.05, 3.63) is 73.1 Å². The molecule has 0 spiro atoms. The van der Waals surface area contributed by atoms with Gasteiger partial charge in [-0.2, -0.15) is 18.6 Å². The summed E-state index contributed by atoms with van der Waals surface area (Å²) in [5.74, 6) is 1.00. The van der Waals surface area contributed by atoms with Gasteiger partial charge < -0.3 is 4.74 Å². The normalized spacial score (nSPS) is 11.6. The average Bonchev–Trinajstić information content (AvgIpc) is 2.62. The maximum absolute atomic E-state index is 11.0. The van der Waals surface area contributed by atoms with Crippen LogP contribution < -0.4 is 4.74 Å². The van der Waals surface area contributed by atoms with Crippen LogP contribution in [-0.4, -0.2) is 18.0 Å². The van der Waals surface area contributed by atoms with Gasteiger partial charge >= 0.3 is 0 Å². The summed E-state index contributed by atoms with van der Waals surface area (Å²) < 4.78 is 36.5. The van der Waals surface area contributed by atoms with Gasteiger partial charge in [0.2, 0.25) is 0 Å². The summed E-state index contributed by atoms with van der Waals surface area (Å²) in [4.78, 5) is 3.72. The monoisotopic (exact) mass is 355 g/mol. The van der Waals surface area contributed by atoms with Gasteiger partial charge in [0.15, 0.2) is 0 Å². The van der Waals surface area contributed by atoms with Crippen molar-refractivity contribution in [1.29, 1.82) is 0 Å². The lowest BCUT2D eigenvalue weighted by Crippen LogP contribution is -1.97. The molecule has 126 valence electrons. The van der Waals surface area contributed by atoms with Gasteiger partial charge in [0.05, 0.1) is 16.3 Å². The molecule has 0 atom stereocenters. The Morgan fingerprint density at radius 2 is 1.24 bits per heavy atom. The zero-order chi connectivity index (χ0) is 17.7. The SMILES string of the molecule is O=S(=O)(O)c1ccc(Oc2ccc(N=Nc3ccncc3)cc2)cc1. The van der Waals surface area contributed by atoms with Crippen molar-refractivity contribution in [2.75, 3.05) is 0 Å². The first-order valence-electron chi connectivity index (χ1n) is 7.18. The number of pyridine rings is 1. The number of nitrogens with zero attached hydrogens (tertiary/aromatic N) is 3. The quantitative estimate of drug-likeness (QED) is 0.535. The number of aromatic nitrogens is 1. The summed E-state index contributed by atoms with van der Waals surface area (Å²) in [6.07, 6.45) is 3.27. The van der Waals surface area contributed by atoms with Crippen molar-refractivity contribution in [2.24, 2.45) is 10.2 Å². The molecular weight excluding hydrogens is 342 g/mol. The van der Waals surface area contributed by atoms with Crippen LogP contribution in [0.3, 0.4) is 0 Å². The van der Waals surface area contributed by atoms with Crippen molar-refractivity contribution in [2.45, 2.75) is 4.90 Å². The van der Waals surface area contributed by atoms with Crippen LogP contribution in [0.5, 0.6) is 11.5 Å². The van der Waals surface area contributed by atoms with E-state index in [0.29, 0.717) is 22.9 Å². The molecule has 0 unspecified atom stereocenters. The van der Waals surface area contributed by atoms with Crippen LogP contribution in [0.4, 0.5) is 11.4 Å². The minimum atomic E-state index is -4.21. The minimum absolute atomic E-state index is 0.188.